The molecule has 0 spiro atoms. The number of thioether (sulfide) groups is 1. The third-order valence-electron chi connectivity index (χ3n) is 6.92. The van der Waals surface area contributed by atoms with Crippen LogP contribution in [0, 0.1) is 6.92 Å². The van der Waals surface area contributed by atoms with Crippen LogP contribution in [0.25, 0.3) is 6.08 Å². The minimum Gasteiger partial charge on any atom is -0.493 e. The van der Waals surface area contributed by atoms with Crippen molar-refractivity contribution in [2.45, 2.75) is 26.7 Å². The van der Waals surface area contributed by atoms with E-state index in [9.17, 15) is 14.4 Å². The Morgan fingerprint density at radius 3 is 1.89 bits per heavy atom. The van der Waals surface area contributed by atoms with E-state index in [-0.39, 0.29) is 17.7 Å². The number of carbonyl (C=O) groups is 3. The van der Waals surface area contributed by atoms with Crippen LogP contribution in [0.1, 0.15) is 38.2 Å². The summed E-state index contributed by atoms with van der Waals surface area (Å²) in [6.07, 6.45) is 2.45. The quantitative estimate of drug-likeness (QED) is 0.123. The maximum Gasteiger partial charge on any atom is 0.293 e. The molecule has 0 aliphatic carbocycles. The maximum absolute atomic E-state index is 13.0. The molecule has 0 radical (unpaired) electrons. The topological polar surface area (TPSA) is 91.4 Å². The Kier molecular flexibility index (Phi) is 9.66. The van der Waals surface area contributed by atoms with Crippen LogP contribution < -0.4 is 18.9 Å². The van der Waals surface area contributed by atoms with Crippen LogP contribution in [-0.4, -0.2) is 36.6 Å². The van der Waals surface area contributed by atoms with Gasteiger partial charge in [-0.3, -0.25) is 19.3 Å². The number of hydrogen-bond donors (Lipinski definition) is 0. The molecule has 0 unspecified atom stereocenters. The Labute approximate surface area is 260 Å². The number of benzene rings is 4. The predicted molar refractivity (Wildman–Crippen MR) is 169 cm³/mol. The number of aldehydes is 1. The van der Waals surface area contributed by atoms with Crippen LogP contribution in [0.15, 0.2) is 89.8 Å². The van der Waals surface area contributed by atoms with E-state index >= 15 is 0 Å². The van der Waals surface area contributed by atoms with E-state index in [4.69, 9.17) is 18.9 Å². The van der Waals surface area contributed by atoms with Crippen molar-refractivity contribution in [3.8, 4) is 23.0 Å². The minimum atomic E-state index is -0.319. The first-order valence-corrected chi connectivity index (χ1v) is 14.6. The Hall–Kier alpha value is -5.02. The Morgan fingerprint density at radius 1 is 0.705 bits per heavy atom. The van der Waals surface area contributed by atoms with Crippen molar-refractivity contribution in [3.05, 3.63) is 123 Å². The number of carbonyl (C=O) groups excluding carboxylic acids is 3. The molecule has 1 fully saturated rings. The van der Waals surface area contributed by atoms with Crippen molar-refractivity contribution >= 4 is 35.3 Å². The maximum atomic E-state index is 13.0. The monoisotopic (exact) mass is 609 g/mol. The summed E-state index contributed by atoms with van der Waals surface area (Å²) in [6.45, 7) is 2.82. The summed E-state index contributed by atoms with van der Waals surface area (Å²) in [7, 11) is 3.08. The van der Waals surface area contributed by atoms with Crippen molar-refractivity contribution < 1.29 is 33.3 Å². The zero-order valence-electron chi connectivity index (χ0n) is 24.6. The molecule has 0 aromatic heterocycles. The molecule has 0 bridgehead atoms. The molecular weight excluding hydrogens is 578 g/mol. The first-order chi connectivity index (χ1) is 21.4. The number of methoxy groups -OCH3 is 2. The molecule has 1 heterocycles. The molecule has 4 aromatic rings. The number of ether oxygens (including phenoxy) is 4. The molecule has 0 atom stereocenters. The first-order valence-electron chi connectivity index (χ1n) is 13.8. The predicted octanol–water partition coefficient (Wildman–Crippen LogP) is 7.22. The van der Waals surface area contributed by atoms with Crippen LogP contribution >= 0.6 is 11.8 Å². The van der Waals surface area contributed by atoms with Gasteiger partial charge in [0.05, 0.1) is 25.7 Å². The Bertz CT molecular complexity index is 1710. The van der Waals surface area contributed by atoms with Gasteiger partial charge in [0.25, 0.3) is 11.1 Å². The summed E-state index contributed by atoms with van der Waals surface area (Å²) >= 11 is 0.927. The number of nitrogens with zero attached hydrogens (tertiary/aromatic N) is 1. The Morgan fingerprint density at radius 2 is 1.30 bits per heavy atom. The summed E-state index contributed by atoms with van der Waals surface area (Å²) in [4.78, 5) is 38.3. The molecule has 1 saturated heterocycles. The molecule has 4 aromatic carbocycles. The van der Waals surface area contributed by atoms with Gasteiger partial charge >= 0.3 is 0 Å². The van der Waals surface area contributed by atoms with Gasteiger partial charge in [-0.2, -0.15) is 0 Å². The van der Waals surface area contributed by atoms with Crippen molar-refractivity contribution in [1.29, 1.82) is 0 Å². The third-order valence-corrected chi connectivity index (χ3v) is 7.83. The summed E-state index contributed by atoms with van der Waals surface area (Å²) in [5, 5.41) is -0.295. The van der Waals surface area contributed by atoms with Gasteiger partial charge in [-0.25, -0.2) is 0 Å². The second-order valence-electron chi connectivity index (χ2n) is 10.1. The van der Waals surface area contributed by atoms with E-state index in [1.807, 2.05) is 61.5 Å². The van der Waals surface area contributed by atoms with Gasteiger partial charge in [-0.15, -0.1) is 0 Å². The smallest absolute Gasteiger partial charge is 0.293 e. The average molecular weight is 610 g/mol. The fraction of sp³-hybridized carbons (Fsp3) is 0.171. The Balaban J connectivity index is 1.22. The molecule has 1 aliphatic rings. The molecule has 0 saturated carbocycles. The molecule has 44 heavy (non-hydrogen) atoms. The number of rotatable bonds is 12. The second kappa shape index (κ2) is 14.0. The lowest BCUT2D eigenvalue weighted by molar-refractivity contribution is -0.123. The molecule has 9 heteroatoms. The number of amides is 2. The minimum absolute atomic E-state index is 0.231. The van der Waals surface area contributed by atoms with Crippen molar-refractivity contribution in [2.75, 3.05) is 14.2 Å². The number of imide groups is 1. The molecule has 5 rings (SSSR count). The van der Waals surface area contributed by atoms with Gasteiger partial charge in [0.15, 0.2) is 23.0 Å². The van der Waals surface area contributed by atoms with Gasteiger partial charge in [0.2, 0.25) is 0 Å². The lowest BCUT2D eigenvalue weighted by Gasteiger charge is -2.13. The summed E-state index contributed by atoms with van der Waals surface area (Å²) in [5.41, 5.74) is 5.10. The summed E-state index contributed by atoms with van der Waals surface area (Å²) in [6, 6.07) is 26.0. The SMILES string of the molecule is COc1cc(C=O)ccc1OCc1cccc(COc2ccc(/C=C3\SC(=O)N(Cc4ccc(C)cc4)C3=O)cc2OC)c1. The molecule has 2 amide bonds. The van der Waals surface area contributed by atoms with Crippen LogP contribution in [0.5, 0.6) is 23.0 Å². The normalized spacial score (nSPS) is 13.7. The molecule has 224 valence electrons. The third kappa shape index (κ3) is 7.30. The van der Waals surface area contributed by atoms with Crippen molar-refractivity contribution in [1.82, 2.24) is 4.90 Å². The van der Waals surface area contributed by atoms with Gasteiger partial charge in [0.1, 0.15) is 19.5 Å². The van der Waals surface area contributed by atoms with Crippen LogP contribution in [-0.2, 0) is 24.6 Å². The summed E-state index contributed by atoms with van der Waals surface area (Å²) < 4.78 is 22.9. The largest absolute Gasteiger partial charge is 0.493 e. The van der Waals surface area contributed by atoms with Gasteiger partial charge in [-0.1, -0.05) is 54.1 Å². The van der Waals surface area contributed by atoms with E-state index in [0.29, 0.717) is 52.2 Å². The van der Waals surface area contributed by atoms with E-state index < -0.39 is 0 Å². The van der Waals surface area contributed by atoms with Crippen molar-refractivity contribution in [2.24, 2.45) is 0 Å². The van der Waals surface area contributed by atoms with Crippen LogP contribution in [0.3, 0.4) is 0 Å². The molecule has 1 aliphatic heterocycles. The highest BCUT2D eigenvalue weighted by Crippen LogP contribution is 2.36. The lowest BCUT2D eigenvalue weighted by Crippen LogP contribution is -2.27. The number of hydrogen-bond acceptors (Lipinski definition) is 8. The fourth-order valence-corrected chi connectivity index (χ4v) is 5.40. The van der Waals surface area contributed by atoms with Gasteiger partial charge < -0.3 is 18.9 Å². The first kappa shape index (κ1) is 30.4. The lowest BCUT2D eigenvalue weighted by atomic mass is 10.1. The molecule has 8 nitrogen and oxygen atoms in total. The molecular formula is C35H31NO7S. The zero-order chi connectivity index (χ0) is 31.1. The fourth-order valence-electron chi connectivity index (χ4n) is 4.57. The second-order valence-corrected chi connectivity index (χ2v) is 11.1. The van der Waals surface area contributed by atoms with E-state index in [1.165, 1.54) is 12.0 Å². The highest BCUT2D eigenvalue weighted by atomic mass is 32.2. The van der Waals surface area contributed by atoms with E-state index in [1.54, 1.807) is 43.5 Å². The van der Waals surface area contributed by atoms with Gasteiger partial charge in [-0.05, 0) is 83.4 Å². The van der Waals surface area contributed by atoms with E-state index in [2.05, 4.69) is 0 Å². The van der Waals surface area contributed by atoms with Crippen LogP contribution in [0.2, 0.25) is 0 Å². The average Bonchev–Trinajstić information content (AvgIpc) is 3.31. The zero-order valence-corrected chi connectivity index (χ0v) is 25.4. The van der Waals surface area contributed by atoms with Crippen LogP contribution in [0.4, 0.5) is 4.79 Å². The molecule has 0 N–H and O–H groups in total. The van der Waals surface area contributed by atoms with E-state index in [0.717, 1.165) is 40.3 Å². The number of aryl methyl sites for hydroxylation is 1. The summed E-state index contributed by atoms with van der Waals surface area (Å²) in [5.74, 6) is 1.75. The highest BCUT2D eigenvalue weighted by molar-refractivity contribution is 8.18. The van der Waals surface area contributed by atoms with Gasteiger partial charge in [0, 0.05) is 5.56 Å². The van der Waals surface area contributed by atoms with Crippen molar-refractivity contribution in [3.63, 3.8) is 0 Å². The standard InChI is InChI=1S/C35H31NO7S/c1-23-7-9-24(10-8-23)19-36-34(38)33(44-35(36)39)18-25-11-13-29(31(16-25)40-2)42-21-27-5-4-6-28(15-27)22-43-30-14-12-26(20-37)17-32(30)41-3/h4-18,20H,19,21-22H2,1-3H3/b33-18-. The highest BCUT2D eigenvalue weighted by Gasteiger charge is 2.35.